The fraction of sp³-hybridized carbons (Fsp3) is 0.545. The van der Waals surface area contributed by atoms with Crippen LogP contribution < -0.4 is 4.90 Å². The van der Waals surface area contributed by atoms with E-state index in [1.165, 1.54) is 5.56 Å². The van der Waals surface area contributed by atoms with Crippen molar-refractivity contribution >= 4 is 5.82 Å². The smallest absolute Gasteiger partial charge is 0.131 e. The lowest BCUT2D eigenvalue weighted by molar-refractivity contribution is 0.533. The van der Waals surface area contributed by atoms with E-state index in [1.54, 1.807) is 0 Å². The van der Waals surface area contributed by atoms with Crippen LogP contribution in [-0.2, 0) is 0 Å². The maximum Gasteiger partial charge on any atom is 0.131 e. The minimum Gasteiger partial charge on any atom is -0.355 e. The van der Waals surface area contributed by atoms with E-state index < -0.39 is 0 Å². The molecule has 0 radical (unpaired) electrons. The highest BCUT2D eigenvalue weighted by Crippen LogP contribution is 2.22. The third-order valence-corrected chi connectivity index (χ3v) is 2.31. The number of aromatic nitrogens is 1. The van der Waals surface area contributed by atoms with E-state index in [-0.39, 0.29) is 5.54 Å². The molecule has 0 fully saturated rings. The SMILES string of the molecule is Cc1cccnc1N(C)C(C)(C)C. The van der Waals surface area contributed by atoms with Crippen LogP contribution in [0.5, 0.6) is 0 Å². The van der Waals surface area contributed by atoms with Crippen LogP contribution in [0.3, 0.4) is 0 Å². The Labute approximate surface area is 80.6 Å². The highest BCUT2D eigenvalue weighted by Gasteiger charge is 2.19. The molecule has 13 heavy (non-hydrogen) atoms. The van der Waals surface area contributed by atoms with Gasteiger partial charge in [-0.15, -0.1) is 0 Å². The van der Waals surface area contributed by atoms with Crippen molar-refractivity contribution in [2.24, 2.45) is 0 Å². The lowest BCUT2D eigenvalue weighted by Gasteiger charge is -2.33. The summed E-state index contributed by atoms with van der Waals surface area (Å²) in [5, 5.41) is 0. The molecule has 0 saturated heterocycles. The first-order valence-electron chi connectivity index (χ1n) is 4.58. The molecule has 0 spiro atoms. The van der Waals surface area contributed by atoms with Gasteiger partial charge in [-0.2, -0.15) is 0 Å². The van der Waals surface area contributed by atoms with Gasteiger partial charge in [0, 0.05) is 18.8 Å². The van der Waals surface area contributed by atoms with Crippen LogP contribution in [-0.4, -0.2) is 17.6 Å². The molecule has 1 rings (SSSR count). The Bertz CT molecular complexity index is 286. The first-order chi connectivity index (χ1) is 5.93. The largest absolute Gasteiger partial charge is 0.355 e. The van der Waals surface area contributed by atoms with Gasteiger partial charge in [0.15, 0.2) is 0 Å². The second-order valence-electron chi connectivity index (χ2n) is 4.37. The minimum absolute atomic E-state index is 0.124. The summed E-state index contributed by atoms with van der Waals surface area (Å²) < 4.78 is 0. The molecular weight excluding hydrogens is 160 g/mol. The van der Waals surface area contributed by atoms with E-state index in [2.05, 4.69) is 50.7 Å². The third kappa shape index (κ3) is 2.20. The quantitative estimate of drug-likeness (QED) is 0.657. The molecule has 0 atom stereocenters. The van der Waals surface area contributed by atoms with Crippen molar-refractivity contribution in [1.29, 1.82) is 0 Å². The highest BCUT2D eigenvalue weighted by molar-refractivity contribution is 5.46. The first kappa shape index (κ1) is 10.0. The Kier molecular flexibility index (Phi) is 2.60. The summed E-state index contributed by atoms with van der Waals surface area (Å²) in [4.78, 5) is 6.57. The predicted octanol–water partition coefficient (Wildman–Crippen LogP) is 2.62. The fourth-order valence-electron chi connectivity index (χ4n) is 1.15. The predicted molar refractivity (Wildman–Crippen MR) is 57.1 cm³/mol. The Hall–Kier alpha value is -1.05. The van der Waals surface area contributed by atoms with Crippen molar-refractivity contribution in [2.45, 2.75) is 33.2 Å². The van der Waals surface area contributed by atoms with Gasteiger partial charge in [0.05, 0.1) is 0 Å². The molecule has 0 aliphatic carbocycles. The van der Waals surface area contributed by atoms with Crippen LogP contribution in [0.15, 0.2) is 18.3 Å². The number of rotatable bonds is 1. The fourth-order valence-corrected chi connectivity index (χ4v) is 1.15. The number of aryl methyl sites for hydroxylation is 1. The number of hydrogen-bond acceptors (Lipinski definition) is 2. The summed E-state index contributed by atoms with van der Waals surface area (Å²) in [5.41, 5.74) is 1.35. The van der Waals surface area contributed by atoms with Crippen LogP contribution in [0.2, 0.25) is 0 Å². The zero-order valence-corrected chi connectivity index (χ0v) is 9.13. The molecule has 1 heterocycles. The summed E-state index contributed by atoms with van der Waals surface area (Å²) in [6.07, 6.45) is 1.84. The van der Waals surface area contributed by atoms with Crippen LogP contribution in [0.25, 0.3) is 0 Å². The molecule has 2 heteroatoms. The van der Waals surface area contributed by atoms with E-state index >= 15 is 0 Å². The maximum atomic E-state index is 4.37. The average molecular weight is 178 g/mol. The van der Waals surface area contributed by atoms with Gasteiger partial charge in [-0.1, -0.05) is 6.07 Å². The van der Waals surface area contributed by atoms with Gasteiger partial charge in [0.2, 0.25) is 0 Å². The molecule has 2 nitrogen and oxygen atoms in total. The molecule has 1 aromatic heterocycles. The van der Waals surface area contributed by atoms with E-state index in [9.17, 15) is 0 Å². The van der Waals surface area contributed by atoms with Crippen LogP contribution in [0.4, 0.5) is 5.82 Å². The van der Waals surface area contributed by atoms with E-state index in [0.29, 0.717) is 0 Å². The van der Waals surface area contributed by atoms with Crippen LogP contribution in [0.1, 0.15) is 26.3 Å². The number of pyridine rings is 1. The van der Waals surface area contributed by atoms with Gasteiger partial charge in [-0.05, 0) is 39.3 Å². The molecule has 0 aromatic carbocycles. The standard InChI is InChI=1S/C11H18N2/c1-9-7-6-8-12-10(9)13(5)11(2,3)4/h6-8H,1-5H3. The number of anilines is 1. The Morgan fingerprint density at radius 1 is 1.31 bits per heavy atom. The molecule has 0 bridgehead atoms. The van der Waals surface area contributed by atoms with Crippen molar-refractivity contribution < 1.29 is 0 Å². The molecule has 0 N–H and O–H groups in total. The normalized spacial score (nSPS) is 11.5. The minimum atomic E-state index is 0.124. The second kappa shape index (κ2) is 3.36. The van der Waals surface area contributed by atoms with Crippen molar-refractivity contribution in [3.63, 3.8) is 0 Å². The van der Waals surface area contributed by atoms with Crippen LogP contribution in [0, 0.1) is 6.92 Å². The van der Waals surface area contributed by atoms with E-state index in [1.807, 2.05) is 12.3 Å². The molecule has 1 aromatic rings. The Balaban J connectivity index is 3.02. The second-order valence-corrected chi connectivity index (χ2v) is 4.37. The third-order valence-electron chi connectivity index (χ3n) is 2.31. The summed E-state index contributed by atoms with van der Waals surface area (Å²) >= 11 is 0. The lowest BCUT2D eigenvalue weighted by Crippen LogP contribution is -2.39. The topological polar surface area (TPSA) is 16.1 Å². The molecule has 0 aliphatic heterocycles. The van der Waals surface area contributed by atoms with Gasteiger partial charge < -0.3 is 4.90 Å². The lowest BCUT2D eigenvalue weighted by atomic mass is 10.1. The van der Waals surface area contributed by atoms with E-state index in [0.717, 1.165) is 5.82 Å². The number of nitrogens with zero attached hydrogens (tertiary/aromatic N) is 2. The number of hydrogen-bond donors (Lipinski definition) is 0. The van der Waals surface area contributed by atoms with Gasteiger partial charge in [0.25, 0.3) is 0 Å². The van der Waals surface area contributed by atoms with Crippen molar-refractivity contribution in [3.8, 4) is 0 Å². The summed E-state index contributed by atoms with van der Waals surface area (Å²) in [7, 11) is 2.08. The molecular formula is C11H18N2. The molecule has 0 amide bonds. The van der Waals surface area contributed by atoms with E-state index in [4.69, 9.17) is 0 Å². The zero-order valence-electron chi connectivity index (χ0n) is 9.13. The van der Waals surface area contributed by atoms with Crippen molar-refractivity contribution in [3.05, 3.63) is 23.9 Å². The Morgan fingerprint density at radius 2 is 1.92 bits per heavy atom. The van der Waals surface area contributed by atoms with Gasteiger partial charge in [-0.25, -0.2) is 4.98 Å². The van der Waals surface area contributed by atoms with Gasteiger partial charge in [-0.3, -0.25) is 0 Å². The molecule has 0 saturated carbocycles. The zero-order chi connectivity index (χ0) is 10.1. The van der Waals surface area contributed by atoms with Crippen molar-refractivity contribution in [2.75, 3.05) is 11.9 Å². The summed E-state index contributed by atoms with van der Waals surface area (Å²) in [6, 6.07) is 4.06. The highest BCUT2D eigenvalue weighted by atomic mass is 15.2. The van der Waals surface area contributed by atoms with Crippen LogP contribution >= 0.6 is 0 Å². The molecule has 0 unspecified atom stereocenters. The molecule has 0 aliphatic rings. The summed E-state index contributed by atoms with van der Waals surface area (Å²) in [6.45, 7) is 8.63. The Morgan fingerprint density at radius 3 is 2.38 bits per heavy atom. The maximum absolute atomic E-state index is 4.37. The molecule has 72 valence electrons. The van der Waals surface area contributed by atoms with Gasteiger partial charge in [0.1, 0.15) is 5.82 Å². The van der Waals surface area contributed by atoms with Gasteiger partial charge >= 0.3 is 0 Å². The monoisotopic (exact) mass is 178 g/mol. The first-order valence-corrected chi connectivity index (χ1v) is 4.58. The van der Waals surface area contributed by atoms with Crippen molar-refractivity contribution in [1.82, 2.24) is 4.98 Å². The average Bonchev–Trinajstić information content (AvgIpc) is 2.02. The summed E-state index contributed by atoms with van der Waals surface area (Å²) in [5.74, 6) is 1.06.